The van der Waals surface area contributed by atoms with E-state index in [1.54, 1.807) is 9.59 Å². The van der Waals surface area contributed by atoms with E-state index >= 15 is 0 Å². The second-order valence-corrected chi connectivity index (χ2v) is 13.7. The van der Waals surface area contributed by atoms with Gasteiger partial charge in [-0.25, -0.2) is 0 Å². The molecule has 12 nitrogen and oxygen atoms in total. The third-order valence-electron chi connectivity index (χ3n) is 5.44. The second kappa shape index (κ2) is 34.9. The molecule has 6 rings (SSSR count). The van der Waals surface area contributed by atoms with Crippen LogP contribution in [-0.2, 0) is 22.8 Å². The molecule has 0 fully saturated rings. The van der Waals surface area contributed by atoms with E-state index in [1.165, 1.54) is 4.43 Å². The molecule has 1 N–H and O–H groups in total. The summed E-state index contributed by atoms with van der Waals surface area (Å²) in [6, 6.07) is 19.6. The molecule has 0 aliphatic heterocycles. The van der Waals surface area contributed by atoms with Gasteiger partial charge in [-0.05, 0) is 86.0 Å². The molecule has 0 unspecified atom stereocenters. The van der Waals surface area contributed by atoms with Gasteiger partial charge in [-0.1, -0.05) is 88.4 Å². The number of carbonyl (C=O) groups excluding carboxylic acids is 1. The number of fused-ring (bicyclic) bond motifs is 3. The van der Waals surface area contributed by atoms with Gasteiger partial charge in [0.2, 0.25) is 0 Å². The Kier molecular flexibility index (Phi) is 39.7. The summed E-state index contributed by atoms with van der Waals surface area (Å²) in [5.74, 6) is 2.00. The largest absolute Gasteiger partial charge is 1.00 e. The van der Waals surface area contributed by atoms with Crippen LogP contribution in [0, 0.1) is 17.8 Å². The SMILES string of the molecule is BrBr.CC(C)CI.CC(C)Cn1nc2c(Br)ccc(Br)c2n1.CC(C)Cn1nc2ccccc2n1.O=CO[O-].[H-].[H-].[K+].[K+].[K+].c1ccc2n[nH]nc2c1. The Bertz CT molecular complexity index is 1670. The van der Waals surface area contributed by atoms with Crippen molar-refractivity contribution in [1.29, 1.82) is 0 Å². The second-order valence-electron chi connectivity index (χ2n) is 11.1. The number of benzene rings is 3. The Morgan fingerprint density at radius 2 is 1.02 bits per heavy atom. The molecule has 0 aliphatic rings. The molecule has 3 aromatic carbocycles. The molecule has 6 aromatic rings. The molecule has 0 atom stereocenters. The average Bonchev–Trinajstić information content (AvgIpc) is 3.83. The Hall–Kier alpha value is 2.85. The minimum atomic E-state index is -0.181. The predicted molar refractivity (Wildman–Crippen MR) is 215 cm³/mol. The summed E-state index contributed by atoms with van der Waals surface area (Å²) < 4.78 is 3.24. The van der Waals surface area contributed by atoms with Crippen molar-refractivity contribution < 1.29 is 172 Å². The van der Waals surface area contributed by atoms with E-state index < -0.39 is 0 Å². The molecular weight excluding hydrogens is 1110 g/mol. The van der Waals surface area contributed by atoms with Gasteiger partial charge in [0.05, 0.1) is 13.1 Å². The molecule has 0 spiro atoms. The number of carbonyl (C=O) groups is 1. The van der Waals surface area contributed by atoms with Crippen molar-refractivity contribution in [1.82, 2.24) is 45.4 Å². The van der Waals surface area contributed by atoms with Crippen molar-refractivity contribution in [2.24, 2.45) is 17.8 Å². The molecule has 0 saturated carbocycles. The number of alkyl halides is 1. The molecular formula is C31H41Br4IK3N9O3. The summed E-state index contributed by atoms with van der Waals surface area (Å²) in [5.41, 5.74) is 5.59. The molecule has 51 heavy (non-hydrogen) atoms. The molecule has 3 aromatic heterocycles. The zero-order chi connectivity index (χ0) is 36.1. The fraction of sp³-hybridized carbons (Fsp3) is 0.387. The summed E-state index contributed by atoms with van der Waals surface area (Å²) in [4.78, 5) is 14.8. The number of hydrogen-bond donors (Lipinski definition) is 1. The Morgan fingerprint density at radius 3 is 1.31 bits per heavy atom. The maximum absolute atomic E-state index is 8.64. The molecule has 0 amide bonds. The molecule has 0 saturated heterocycles. The van der Waals surface area contributed by atoms with Crippen LogP contribution in [0.25, 0.3) is 33.1 Å². The fourth-order valence-corrected chi connectivity index (χ4v) is 4.28. The van der Waals surface area contributed by atoms with Crippen molar-refractivity contribution in [2.45, 2.75) is 54.6 Å². The zero-order valence-electron chi connectivity index (χ0n) is 32.4. The fourth-order valence-electron chi connectivity index (χ4n) is 3.48. The van der Waals surface area contributed by atoms with Crippen LogP contribution in [0.2, 0.25) is 0 Å². The molecule has 266 valence electrons. The summed E-state index contributed by atoms with van der Waals surface area (Å²) in [6.07, 6.45) is 0. The Labute approximate surface area is 476 Å². The topological polar surface area (TPSA) is 152 Å². The third-order valence-corrected chi connectivity index (χ3v) is 8.48. The first kappa shape index (κ1) is 58.2. The zero-order valence-corrected chi connectivity index (χ0v) is 48.3. The van der Waals surface area contributed by atoms with Crippen LogP contribution in [0.1, 0.15) is 44.4 Å². The van der Waals surface area contributed by atoms with E-state index in [2.05, 4.69) is 165 Å². The van der Waals surface area contributed by atoms with Crippen LogP contribution >= 0.6 is 82.7 Å². The van der Waals surface area contributed by atoms with Crippen molar-refractivity contribution in [3.05, 3.63) is 69.6 Å². The van der Waals surface area contributed by atoms with Crippen LogP contribution in [0.4, 0.5) is 0 Å². The van der Waals surface area contributed by atoms with Gasteiger partial charge < -0.3 is 13.0 Å². The van der Waals surface area contributed by atoms with Crippen molar-refractivity contribution >= 4 is 122 Å². The van der Waals surface area contributed by atoms with Gasteiger partial charge in [-0.3, -0.25) is 4.79 Å². The first-order chi connectivity index (χ1) is 23.0. The van der Waals surface area contributed by atoms with E-state index in [1.807, 2.05) is 60.7 Å². The number of halogens is 5. The van der Waals surface area contributed by atoms with Crippen LogP contribution in [0.5, 0.6) is 0 Å². The van der Waals surface area contributed by atoms with Crippen LogP contribution in [-0.4, -0.2) is 56.3 Å². The van der Waals surface area contributed by atoms with Gasteiger partial charge >= 0.3 is 154 Å². The van der Waals surface area contributed by atoms with E-state index in [0.29, 0.717) is 11.8 Å². The van der Waals surface area contributed by atoms with E-state index in [0.717, 1.165) is 61.1 Å². The number of aromatic amines is 1. The number of nitrogens with zero attached hydrogens (tertiary/aromatic N) is 8. The van der Waals surface area contributed by atoms with Gasteiger partial charge in [-0.2, -0.15) is 45.4 Å². The van der Waals surface area contributed by atoms with Gasteiger partial charge in [0.25, 0.3) is 6.47 Å². The molecule has 0 radical (unpaired) electrons. The van der Waals surface area contributed by atoms with E-state index in [9.17, 15) is 0 Å². The summed E-state index contributed by atoms with van der Waals surface area (Å²) in [5, 5.41) is 36.3. The Morgan fingerprint density at radius 1 is 0.706 bits per heavy atom. The smallest absolute Gasteiger partial charge is 1.00 e. The molecule has 3 heterocycles. The maximum atomic E-state index is 8.64. The number of para-hydroxylation sites is 2. The van der Waals surface area contributed by atoms with Crippen LogP contribution in [0.15, 0.2) is 69.6 Å². The minimum absolute atomic E-state index is 0. The quantitative estimate of drug-likeness (QED) is 0.0612. The van der Waals surface area contributed by atoms with Crippen molar-refractivity contribution in [3.8, 4) is 0 Å². The number of hydrogen-bond acceptors (Lipinski definition) is 9. The van der Waals surface area contributed by atoms with Gasteiger partial charge in [0.1, 0.15) is 33.1 Å². The number of aromatic nitrogens is 9. The normalized spacial score (nSPS) is 9.55. The Balaban J connectivity index is -0.000000186. The van der Waals surface area contributed by atoms with E-state index in [-0.39, 0.29) is 163 Å². The third kappa shape index (κ3) is 24.4. The van der Waals surface area contributed by atoms with E-state index in [4.69, 9.17) is 10.1 Å². The van der Waals surface area contributed by atoms with Crippen LogP contribution < -0.4 is 159 Å². The summed E-state index contributed by atoms with van der Waals surface area (Å²) in [7, 11) is 0. The van der Waals surface area contributed by atoms with Gasteiger partial charge in [0, 0.05) is 41.6 Å². The maximum Gasteiger partial charge on any atom is 1.00 e. The van der Waals surface area contributed by atoms with Crippen LogP contribution in [0.3, 0.4) is 0 Å². The number of rotatable bonds is 6. The number of H-pyrrole nitrogens is 1. The van der Waals surface area contributed by atoms with Crippen molar-refractivity contribution in [2.75, 3.05) is 4.43 Å². The standard InChI is InChI=1S/C10H11Br2N3.C10H13N3.C6H5N3.C4H9I.CH2O3.Br2.3K.2H/c1-6(2)5-15-13-9-7(11)3-4-8(12)10(9)14-15;1-8(2)7-13-11-9-5-3-4-6-10(9)12-13;1-2-4-6-5(3-1)7-9-8-6;1-4(2)3-5;2-1-4-3;1-2;;;;;/h3-4,6H,5H2,1-2H3;3-6,8H,7H2,1-2H3;1-4H,(H,7,8,9);4H,3H2,1-2H3;1,3H;;;;;;/q;;;;;;3*+1;2*-1/p-1. The van der Waals surface area contributed by atoms with Crippen molar-refractivity contribution in [3.63, 3.8) is 0 Å². The summed E-state index contributed by atoms with van der Waals surface area (Å²) in [6.45, 7) is 14.6. The van der Waals surface area contributed by atoms with Gasteiger partial charge in [-0.15, -0.1) is 0 Å². The molecule has 0 bridgehead atoms. The van der Waals surface area contributed by atoms with Gasteiger partial charge in [0.15, 0.2) is 0 Å². The average molecular weight is 1150 g/mol. The first-order valence-corrected chi connectivity index (χ1v) is 21.5. The monoisotopic (exact) mass is 1150 g/mol. The molecule has 0 aliphatic carbocycles. The number of nitrogens with one attached hydrogen (secondary N) is 1. The molecule has 20 heteroatoms. The minimum Gasteiger partial charge on any atom is -1.00 e. The first-order valence-electron chi connectivity index (χ1n) is 14.7. The predicted octanol–water partition coefficient (Wildman–Crippen LogP) is 0.0978. The summed E-state index contributed by atoms with van der Waals surface area (Å²) >= 11 is 14.8.